The van der Waals surface area contributed by atoms with Gasteiger partial charge in [0.2, 0.25) is 0 Å². The summed E-state index contributed by atoms with van der Waals surface area (Å²) in [6, 6.07) is 19.0. The van der Waals surface area contributed by atoms with Gasteiger partial charge in [-0.2, -0.15) is 0 Å². The van der Waals surface area contributed by atoms with Crippen LogP contribution in [-0.4, -0.2) is 36.2 Å². The number of aryl methyl sites for hydroxylation is 2. The van der Waals surface area contributed by atoms with Gasteiger partial charge in [-0.3, -0.25) is 4.39 Å². The molecule has 2 heterocycles. The molecule has 1 aliphatic carbocycles. The number of hydrogen-bond donors (Lipinski definition) is 1. The number of allylic oxidation sites excluding steroid dienone is 1. The van der Waals surface area contributed by atoms with Crippen molar-refractivity contribution < 1.29 is 4.39 Å². The average molecular weight is 506 g/mol. The topological polar surface area (TPSA) is 42.2 Å². The number of likely N-dealkylation sites (tertiary alicyclic amines) is 1. The Labute approximate surface area is 220 Å². The summed E-state index contributed by atoms with van der Waals surface area (Å²) in [6.07, 6.45) is 7.01. The second kappa shape index (κ2) is 12.5. The SMILES string of the molecule is CC1CCN(CCCF)C1.Cc1ccc(C2=C(c3ccc(Cl)nc3)CCCc3cc(N)ccc32)cc1. The zero-order valence-corrected chi connectivity index (χ0v) is 22.2. The lowest BCUT2D eigenvalue weighted by atomic mass is 9.88. The minimum atomic E-state index is -0.162. The zero-order valence-electron chi connectivity index (χ0n) is 21.4. The molecule has 0 spiro atoms. The lowest BCUT2D eigenvalue weighted by Gasteiger charge is -2.17. The predicted molar refractivity (Wildman–Crippen MR) is 151 cm³/mol. The summed E-state index contributed by atoms with van der Waals surface area (Å²) in [5.41, 5.74) is 15.7. The Morgan fingerprint density at radius 2 is 1.83 bits per heavy atom. The van der Waals surface area contributed by atoms with Gasteiger partial charge in [0, 0.05) is 25.0 Å². The Morgan fingerprint density at radius 1 is 1.06 bits per heavy atom. The fourth-order valence-corrected chi connectivity index (χ4v) is 5.33. The number of aromatic nitrogens is 1. The number of nitrogens with two attached hydrogens (primary N) is 1. The number of nitrogen functional groups attached to an aromatic ring is 1. The molecular formula is C31H37ClFN3. The van der Waals surface area contributed by atoms with Crippen molar-refractivity contribution in [2.45, 2.75) is 46.0 Å². The molecule has 1 unspecified atom stereocenters. The summed E-state index contributed by atoms with van der Waals surface area (Å²) in [4.78, 5) is 6.66. The summed E-state index contributed by atoms with van der Waals surface area (Å²) < 4.78 is 11.7. The van der Waals surface area contributed by atoms with Crippen molar-refractivity contribution in [3.8, 4) is 0 Å². The zero-order chi connectivity index (χ0) is 25.5. The maximum atomic E-state index is 11.7. The third-order valence-electron chi connectivity index (χ3n) is 7.11. The van der Waals surface area contributed by atoms with Crippen molar-refractivity contribution in [1.29, 1.82) is 0 Å². The number of anilines is 1. The van der Waals surface area contributed by atoms with Crippen LogP contribution >= 0.6 is 11.6 Å². The lowest BCUT2D eigenvalue weighted by molar-refractivity contribution is 0.304. The number of rotatable bonds is 5. The van der Waals surface area contributed by atoms with E-state index in [1.54, 1.807) is 0 Å². The Hall–Kier alpha value is -2.69. The number of fused-ring (bicyclic) bond motifs is 1. The molecule has 5 rings (SSSR count). The van der Waals surface area contributed by atoms with E-state index in [9.17, 15) is 4.39 Å². The molecule has 0 bridgehead atoms. The first-order valence-electron chi connectivity index (χ1n) is 13.0. The van der Waals surface area contributed by atoms with E-state index in [1.165, 1.54) is 52.9 Å². The summed E-state index contributed by atoms with van der Waals surface area (Å²) >= 11 is 6.01. The molecule has 36 heavy (non-hydrogen) atoms. The van der Waals surface area contributed by atoms with E-state index in [0.717, 1.165) is 43.0 Å². The molecule has 2 aromatic carbocycles. The summed E-state index contributed by atoms with van der Waals surface area (Å²) in [5.74, 6) is 0.833. The van der Waals surface area contributed by atoms with Crippen LogP contribution in [0.3, 0.4) is 0 Å². The monoisotopic (exact) mass is 505 g/mol. The maximum Gasteiger partial charge on any atom is 0.129 e. The maximum absolute atomic E-state index is 11.7. The normalized spacial score (nSPS) is 17.8. The average Bonchev–Trinajstić information content (AvgIpc) is 3.20. The molecule has 2 N–H and O–H groups in total. The van der Waals surface area contributed by atoms with E-state index < -0.39 is 0 Å². The quantitative estimate of drug-likeness (QED) is 0.286. The first-order valence-corrected chi connectivity index (χ1v) is 13.4. The van der Waals surface area contributed by atoms with Gasteiger partial charge < -0.3 is 10.6 Å². The first kappa shape index (κ1) is 26.4. The van der Waals surface area contributed by atoms with Crippen LogP contribution < -0.4 is 5.73 Å². The minimum absolute atomic E-state index is 0.162. The number of hydrogen-bond acceptors (Lipinski definition) is 3. The molecule has 0 saturated carbocycles. The van der Waals surface area contributed by atoms with Crippen molar-refractivity contribution in [2.75, 3.05) is 32.0 Å². The Kier molecular flexibility index (Phi) is 9.17. The smallest absolute Gasteiger partial charge is 0.129 e. The van der Waals surface area contributed by atoms with Gasteiger partial charge in [-0.25, -0.2) is 4.98 Å². The second-order valence-electron chi connectivity index (χ2n) is 10.1. The number of alkyl halides is 1. The first-order chi connectivity index (χ1) is 17.4. The van der Waals surface area contributed by atoms with Gasteiger partial charge in [0.15, 0.2) is 0 Å². The molecule has 3 nitrogen and oxygen atoms in total. The Bertz CT molecular complexity index is 1170. The van der Waals surface area contributed by atoms with Gasteiger partial charge in [-0.05, 0) is 103 Å². The van der Waals surface area contributed by atoms with Crippen LogP contribution in [0.1, 0.15) is 60.4 Å². The van der Waals surface area contributed by atoms with Crippen molar-refractivity contribution >= 4 is 28.4 Å². The van der Waals surface area contributed by atoms with Crippen LogP contribution in [0, 0.1) is 12.8 Å². The standard InChI is InChI=1S/C23H21ClN2.C8H16FN/c1-15-5-7-16(8-6-15)23-20(18-9-12-22(24)26-14-18)4-2-3-17-13-19(25)10-11-21(17)23;1-8-3-6-10(7-8)5-2-4-9/h5-14H,2-4,25H2,1H3;8H,2-7H2,1H3. The lowest BCUT2D eigenvalue weighted by Crippen LogP contribution is -2.21. The molecule has 0 radical (unpaired) electrons. The largest absolute Gasteiger partial charge is 0.399 e. The highest BCUT2D eigenvalue weighted by molar-refractivity contribution is 6.29. The fraction of sp³-hybridized carbons (Fsp3) is 0.387. The molecule has 1 saturated heterocycles. The van der Waals surface area contributed by atoms with E-state index in [-0.39, 0.29) is 6.67 Å². The van der Waals surface area contributed by atoms with Crippen LogP contribution in [0.5, 0.6) is 0 Å². The third kappa shape index (κ3) is 6.74. The van der Waals surface area contributed by atoms with Crippen molar-refractivity contribution in [3.63, 3.8) is 0 Å². The van der Waals surface area contributed by atoms with Gasteiger partial charge in [-0.1, -0.05) is 60.5 Å². The van der Waals surface area contributed by atoms with E-state index in [1.807, 2.05) is 18.3 Å². The van der Waals surface area contributed by atoms with Crippen LogP contribution in [-0.2, 0) is 6.42 Å². The molecule has 1 aliphatic heterocycles. The highest BCUT2D eigenvalue weighted by atomic mass is 35.5. The van der Waals surface area contributed by atoms with E-state index in [0.29, 0.717) is 11.6 Å². The van der Waals surface area contributed by atoms with Gasteiger partial charge in [0.05, 0.1) is 6.67 Å². The van der Waals surface area contributed by atoms with Gasteiger partial charge in [-0.15, -0.1) is 0 Å². The summed E-state index contributed by atoms with van der Waals surface area (Å²) in [6.45, 7) is 7.53. The van der Waals surface area contributed by atoms with Crippen LogP contribution in [0.15, 0.2) is 60.8 Å². The molecular weight excluding hydrogens is 469 g/mol. The molecule has 0 amide bonds. The number of pyridine rings is 1. The summed E-state index contributed by atoms with van der Waals surface area (Å²) in [7, 11) is 0. The number of nitrogens with zero attached hydrogens (tertiary/aromatic N) is 2. The van der Waals surface area contributed by atoms with Crippen LogP contribution in [0.25, 0.3) is 11.1 Å². The van der Waals surface area contributed by atoms with Crippen molar-refractivity contribution in [1.82, 2.24) is 9.88 Å². The second-order valence-corrected chi connectivity index (χ2v) is 10.5. The van der Waals surface area contributed by atoms with E-state index in [4.69, 9.17) is 17.3 Å². The number of benzene rings is 2. The molecule has 2 aliphatic rings. The van der Waals surface area contributed by atoms with Gasteiger partial charge in [0.1, 0.15) is 5.15 Å². The fourth-order valence-electron chi connectivity index (χ4n) is 5.21. The Morgan fingerprint density at radius 3 is 2.50 bits per heavy atom. The molecule has 190 valence electrons. The van der Waals surface area contributed by atoms with Gasteiger partial charge in [0.25, 0.3) is 0 Å². The highest BCUT2D eigenvalue weighted by Gasteiger charge is 2.20. The number of halogens is 2. The van der Waals surface area contributed by atoms with E-state index >= 15 is 0 Å². The highest BCUT2D eigenvalue weighted by Crippen LogP contribution is 2.40. The van der Waals surface area contributed by atoms with Crippen LogP contribution in [0.4, 0.5) is 10.1 Å². The summed E-state index contributed by atoms with van der Waals surface area (Å²) in [5, 5.41) is 0.521. The van der Waals surface area contributed by atoms with Crippen molar-refractivity contribution in [3.05, 3.63) is 93.8 Å². The molecule has 3 aromatic rings. The van der Waals surface area contributed by atoms with Crippen LogP contribution in [0.2, 0.25) is 5.15 Å². The van der Waals surface area contributed by atoms with E-state index in [2.05, 4.69) is 66.2 Å². The molecule has 1 atom stereocenters. The molecule has 1 fully saturated rings. The third-order valence-corrected chi connectivity index (χ3v) is 7.33. The minimum Gasteiger partial charge on any atom is -0.399 e. The molecule has 5 heteroatoms. The van der Waals surface area contributed by atoms with Gasteiger partial charge >= 0.3 is 0 Å². The Balaban J connectivity index is 0.000000256. The molecule has 1 aromatic heterocycles. The van der Waals surface area contributed by atoms with Crippen molar-refractivity contribution in [2.24, 2.45) is 5.92 Å². The predicted octanol–water partition coefficient (Wildman–Crippen LogP) is 7.61.